The molecule has 0 saturated carbocycles. The molecule has 220 valence electrons. The zero-order valence-electron chi connectivity index (χ0n) is 21.9. The average molecular weight is 591 g/mol. The number of carbonyl (C=O) groups is 1. The molecule has 4 aromatic rings. The van der Waals surface area contributed by atoms with Gasteiger partial charge in [0, 0.05) is 67.0 Å². The van der Waals surface area contributed by atoms with Gasteiger partial charge in [-0.1, -0.05) is 30.3 Å². The molecule has 2 heterocycles. The molecule has 13 heteroatoms. The lowest BCUT2D eigenvalue weighted by Crippen LogP contribution is -2.55. The van der Waals surface area contributed by atoms with Crippen LogP contribution in [0.15, 0.2) is 72.9 Å². The van der Waals surface area contributed by atoms with Gasteiger partial charge in [-0.2, -0.15) is 26.3 Å². The first-order chi connectivity index (χ1) is 19.8. The molecule has 1 saturated heterocycles. The Labute approximate surface area is 235 Å². The fourth-order valence-corrected chi connectivity index (χ4v) is 5.29. The molecular formula is C29H24F6N4O3. The van der Waals surface area contributed by atoms with Crippen LogP contribution in [0.25, 0.3) is 10.9 Å². The van der Waals surface area contributed by atoms with Crippen molar-refractivity contribution < 1.29 is 36.1 Å². The minimum absolute atomic E-state index is 0.00232. The van der Waals surface area contributed by atoms with E-state index in [0.717, 1.165) is 22.0 Å². The Morgan fingerprint density at radius 2 is 1.57 bits per heavy atom. The zero-order chi connectivity index (χ0) is 30.2. The number of H-pyrrole nitrogens is 1. The van der Waals surface area contributed by atoms with Crippen LogP contribution in [-0.4, -0.2) is 51.3 Å². The van der Waals surface area contributed by atoms with E-state index in [1.807, 2.05) is 29.2 Å². The van der Waals surface area contributed by atoms with Crippen molar-refractivity contribution in [3.05, 3.63) is 111 Å². The van der Waals surface area contributed by atoms with Crippen molar-refractivity contribution in [1.29, 1.82) is 0 Å². The lowest BCUT2D eigenvalue weighted by molar-refractivity contribution is -0.384. The summed E-state index contributed by atoms with van der Waals surface area (Å²) in [5.41, 5.74) is -1.40. The van der Waals surface area contributed by atoms with E-state index in [-0.39, 0.29) is 37.8 Å². The van der Waals surface area contributed by atoms with Crippen molar-refractivity contribution in [3.8, 4) is 0 Å². The van der Waals surface area contributed by atoms with Gasteiger partial charge in [0.25, 0.3) is 11.6 Å². The first kappa shape index (κ1) is 29.1. The molecule has 1 aliphatic rings. The van der Waals surface area contributed by atoms with Crippen molar-refractivity contribution in [2.24, 2.45) is 0 Å². The number of para-hydroxylation sites is 1. The number of hydrogen-bond donors (Lipinski definition) is 1. The summed E-state index contributed by atoms with van der Waals surface area (Å²) in [5, 5.41) is 11.9. The van der Waals surface area contributed by atoms with Gasteiger partial charge in [-0.25, -0.2) is 0 Å². The average Bonchev–Trinajstić information content (AvgIpc) is 3.34. The topological polar surface area (TPSA) is 82.5 Å². The molecule has 1 unspecified atom stereocenters. The SMILES string of the molecule is O=C(c1cc(C(F)(F)F)cc(C(F)(F)F)c1)N1CCN(Cc2ccc([N+](=O)[O-])cc2)CC1Cc1c[nH]c2ccccc12. The maximum Gasteiger partial charge on any atom is 0.416 e. The van der Waals surface area contributed by atoms with Gasteiger partial charge in [0.2, 0.25) is 0 Å². The molecule has 1 atom stereocenters. The van der Waals surface area contributed by atoms with E-state index in [1.54, 1.807) is 18.3 Å². The molecule has 1 aromatic heterocycles. The van der Waals surface area contributed by atoms with Gasteiger partial charge < -0.3 is 9.88 Å². The largest absolute Gasteiger partial charge is 0.416 e. The summed E-state index contributed by atoms with van der Waals surface area (Å²) in [7, 11) is 0. The van der Waals surface area contributed by atoms with Crippen LogP contribution in [0.1, 0.15) is 32.6 Å². The first-order valence-corrected chi connectivity index (χ1v) is 12.9. The van der Waals surface area contributed by atoms with Gasteiger partial charge in [0.05, 0.1) is 16.1 Å². The van der Waals surface area contributed by atoms with Crippen molar-refractivity contribution >= 4 is 22.5 Å². The highest BCUT2D eigenvalue weighted by molar-refractivity contribution is 5.95. The number of hydrogen-bond acceptors (Lipinski definition) is 4. The maximum atomic E-state index is 13.6. The van der Waals surface area contributed by atoms with Crippen LogP contribution < -0.4 is 0 Å². The normalized spacial score (nSPS) is 16.6. The van der Waals surface area contributed by atoms with Crippen LogP contribution in [0.4, 0.5) is 32.0 Å². The molecule has 1 N–H and O–H groups in total. The number of carbonyl (C=O) groups excluding carboxylic acids is 1. The van der Waals surface area contributed by atoms with E-state index >= 15 is 0 Å². The van der Waals surface area contributed by atoms with Crippen LogP contribution in [-0.2, 0) is 25.3 Å². The molecule has 5 rings (SSSR count). The Bertz CT molecular complexity index is 1580. The number of piperazine rings is 1. The third kappa shape index (κ3) is 6.25. The first-order valence-electron chi connectivity index (χ1n) is 12.9. The van der Waals surface area contributed by atoms with Gasteiger partial charge in [-0.3, -0.25) is 19.8 Å². The van der Waals surface area contributed by atoms with Crippen molar-refractivity contribution in [2.45, 2.75) is 31.4 Å². The molecule has 1 fully saturated rings. The second kappa shape index (κ2) is 11.1. The van der Waals surface area contributed by atoms with E-state index in [2.05, 4.69) is 4.98 Å². The molecule has 3 aromatic carbocycles. The van der Waals surface area contributed by atoms with E-state index in [9.17, 15) is 41.3 Å². The van der Waals surface area contributed by atoms with Gasteiger partial charge in [0.1, 0.15) is 0 Å². The van der Waals surface area contributed by atoms with Crippen LogP contribution in [0.5, 0.6) is 0 Å². The fourth-order valence-electron chi connectivity index (χ4n) is 5.29. The predicted molar refractivity (Wildman–Crippen MR) is 142 cm³/mol. The monoisotopic (exact) mass is 590 g/mol. The molecular weight excluding hydrogens is 566 g/mol. The van der Waals surface area contributed by atoms with Crippen molar-refractivity contribution in [3.63, 3.8) is 0 Å². The number of nitrogens with one attached hydrogen (secondary N) is 1. The number of fused-ring (bicyclic) bond motifs is 1. The Kier molecular flexibility index (Phi) is 7.71. The van der Waals surface area contributed by atoms with Gasteiger partial charge in [0.15, 0.2) is 0 Å². The number of nitro benzene ring substituents is 1. The van der Waals surface area contributed by atoms with Crippen LogP contribution >= 0.6 is 0 Å². The lowest BCUT2D eigenvalue weighted by atomic mass is 9.98. The van der Waals surface area contributed by atoms with E-state index in [1.165, 1.54) is 17.0 Å². The standard InChI is InChI=1S/C29H24F6N4O3/c30-28(31,32)21-11-19(12-22(14-21)29(33,34)35)27(40)38-10-9-37(16-18-5-7-23(8-6-18)39(41)42)17-24(38)13-20-15-36-26-4-2-1-3-25(20)26/h1-8,11-12,14-15,24,36H,9-10,13,16-17H2. The number of amides is 1. The molecule has 0 radical (unpaired) electrons. The Morgan fingerprint density at radius 3 is 2.19 bits per heavy atom. The third-order valence-corrected chi connectivity index (χ3v) is 7.35. The number of nitro groups is 1. The number of non-ortho nitro benzene ring substituents is 1. The van der Waals surface area contributed by atoms with Crippen LogP contribution in [0.3, 0.4) is 0 Å². The van der Waals surface area contributed by atoms with Gasteiger partial charge in [-0.05, 0) is 41.8 Å². The second-order valence-electron chi connectivity index (χ2n) is 10.2. The number of alkyl halides is 6. The van der Waals surface area contributed by atoms with Crippen LogP contribution in [0, 0.1) is 10.1 Å². The Balaban J connectivity index is 1.46. The summed E-state index contributed by atoms with van der Waals surface area (Å²) in [6.45, 7) is 0.994. The minimum atomic E-state index is -5.08. The summed E-state index contributed by atoms with van der Waals surface area (Å²) >= 11 is 0. The molecule has 1 aliphatic heterocycles. The second-order valence-corrected chi connectivity index (χ2v) is 10.2. The third-order valence-electron chi connectivity index (χ3n) is 7.35. The van der Waals surface area contributed by atoms with E-state index in [4.69, 9.17) is 0 Å². The minimum Gasteiger partial charge on any atom is -0.361 e. The van der Waals surface area contributed by atoms with Crippen LogP contribution in [0.2, 0.25) is 0 Å². The number of halogens is 6. The lowest BCUT2D eigenvalue weighted by Gasteiger charge is -2.42. The highest BCUT2D eigenvalue weighted by Gasteiger charge is 2.39. The summed E-state index contributed by atoms with van der Waals surface area (Å²) in [5.74, 6) is -0.925. The summed E-state index contributed by atoms with van der Waals surface area (Å²) < 4.78 is 81.0. The summed E-state index contributed by atoms with van der Waals surface area (Å²) in [6, 6.07) is 13.8. The number of nitrogens with zero attached hydrogens (tertiary/aromatic N) is 3. The quantitative estimate of drug-likeness (QED) is 0.154. The van der Waals surface area contributed by atoms with Gasteiger partial charge in [-0.15, -0.1) is 0 Å². The number of rotatable bonds is 6. The number of aromatic nitrogens is 1. The highest BCUT2D eigenvalue weighted by Crippen LogP contribution is 2.37. The molecule has 0 aliphatic carbocycles. The smallest absolute Gasteiger partial charge is 0.361 e. The van der Waals surface area contributed by atoms with Gasteiger partial charge >= 0.3 is 12.4 Å². The molecule has 0 spiro atoms. The fraction of sp³-hybridized carbons (Fsp3) is 0.276. The Hall–Kier alpha value is -4.39. The van der Waals surface area contributed by atoms with E-state index in [0.29, 0.717) is 18.7 Å². The zero-order valence-corrected chi connectivity index (χ0v) is 21.9. The Morgan fingerprint density at radius 1 is 0.929 bits per heavy atom. The van der Waals surface area contributed by atoms with Crippen molar-refractivity contribution in [2.75, 3.05) is 19.6 Å². The summed E-state index contributed by atoms with van der Waals surface area (Å²) in [4.78, 5) is 30.6. The van der Waals surface area contributed by atoms with Crippen molar-refractivity contribution in [1.82, 2.24) is 14.8 Å². The predicted octanol–water partition coefficient (Wildman–Crippen LogP) is 6.68. The highest BCUT2D eigenvalue weighted by atomic mass is 19.4. The molecule has 42 heavy (non-hydrogen) atoms. The van der Waals surface area contributed by atoms with E-state index < -0.39 is 45.9 Å². The molecule has 7 nitrogen and oxygen atoms in total. The molecule has 0 bridgehead atoms. The number of benzene rings is 3. The maximum absolute atomic E-state index is 13.6. The number of aromatic amines is 1. The summed E-state index contributed by atoms with van der Waals surface area (Å²) in [6.07, 6.45) is -8.10. The molecule has 1 amide bonds.